The summed E-state index contributed by atoms with van der Waals surface area (Å²) in [5, 5.41) is 3.42. The van der Waals surface area contributed by atoms with Crippen molar-refractivity contribution in [2.24, 2.45) is 7.05 Å². The van der Waals surface area contributed by atoms with Crippen LogP contribution in [0.15, 0.2) is 29.1 Å². The number of rotatable bonds is 6. The van der Waals surface area contributed by atoms with Gasteiger partial charge in [-0.2, -0.15) is 4.98 Å². The van der Waals surface area contributed by atoms with Gasteiger partial charge in [0.1, 0.15) is 5.82 Å². The molecule has 138 valence electrons. The summed E-state index contributed by atoms with van der Waals surface area (Å²) in [6, 6.07) is 7.42. The monoisotopic (exact) mass is 357 g/mol. The maximum Gasteiger partial charge on any atom is 0.306 e. The molecule has 0 saturated heterocycles. The SMILES string of the molecule is Cn1c(CCC(=O)OCC(=O)NC2CCCC2)nc(=O)c2ccccc21. The van der Waals surface area contributed by atoms with Crippen LogP contribution in [0.4, 0.5) is 0 Å². The number of nitrogens with one attached hydrogen (secondary N) is 1. The largest absolute Gasteiger partial charge is 0.456 e. The van der Waals surface area contributed by atoms with Crippen LogP contribution in [-0.4, -0.2) is 34.1 Å². The Bertz CT molecular complexity index is 869. The quantitative estimate of drug-likeness (QED) is 0.791. The summed E-state index contributed by atoms with van der Waals surface area (Å²) in [5.41, 5.74) is 0.463. The third-order valence-corrected chi connectivity index (χ3v) is 4.75. The first kappa shape index (κ1) is 18.1. The van der Waals surface area contributed by atoms with Crippen molar-refractivity contribution in [1.29, 1.82) is 0 Å². The minimum Gasteiger partial charge on any atom is -0.456 e. The number of amides is 1. The number of esters is 1. The molecule has 2 aromatic rings. The zero-order valence-corrected chi connectivity index (χ0v) is 14.9. The first-order valence-electron chi connectivity index (χ1n) is 8.94. The molecule has 1 aromatic carbocycles. The number of hydrogen-bond acceptors (Lipinski definition) is 5. The van der Waals surface area contributed by atoms with Crippen molar-refractivity contribution in [3.05, 3.63) is 40.4 Å². The lowest BCUT2D eigenvalue weighted by molar-refractivity contribution is -0.148. The standard InChI is InChI=1S/C19H23N3O4/c1-22-15-9-5-4-8-14(15)19(25)21-16(22)10-11-18(24)26-12-17(23)20-13-6-2-3-7-13/h4-5,8-9,13H,2-3,6-7,10-12H2,1H3,(H,20,23). The molecule has 0 aliphatic heterocycles. The van der Waals surface area contributed by atoms with E-state index >= 15 is 0 Å². The van der Waals surface area contributed by atoms with Crippen LogP contribution in [-0.2, 0) is 27.8 Å². The Morgan fingerprint density at radius 2 is 2.00 bits per heavy atom. The normalized spacial score (nSPS) is 14.5. The van der Waals surface area contributed by atoms with E-state index in [1.807, 2.05) is 19.2 Å². The summed E-state index contributed by atoms with van der Waals surface area (Å²) in [5.74, 6) is -0.225. The van der Waals surface area contributed by atoms with Crippen LogP contribution in [0, 0.1) is 0 Å². The number of carbonyl (C=O) groups is 2. The maximum atomic E-state index is 12.1. The van der Waals surface area contributed by atoms with Crippen molar-refractivity contribution in [3.8, 4) is 0 Å². The van der Waals surface area contributed by atoms with Gasteiger partial charge in [0, 0.05) is 19.5 Å². The van der Waals surface area contributed by atoms with Gasteiger partial charge in [-0.1, -0.05) is 25.0 Å². The number of hydrogen-bond donors (Lipinski definition) is 1. The molecule has 0 unspecified atom stereocenters. The lowest BCUT2D eigenvalue weighted by Gasteiger charge is -2.12. The fraction of sp³-hybridized carbons (Fsp3) is 0.474. The van der Waals surface area contributed by atoms with Crippen molar-refractivity contribution >= 4 is 22.8 Å². The van der Waals surface area contributed by atoms with E-state index in [0.29, 0.717) is 11.2 Å². The van der Waals surface area contributed by atoms with E-state index < -0.39 is 5.97 Å². The topological polar surface area (TPSA) is 90.3 Å². The van der Waals surface area contributed by atoms with Crippen LogP contribution < -0.4 is 10.9 Å². The number of aromatic nitrogens is 2. The van der Waals surface area contributed by atoms with Crippen LogP contribution in [0.25, 0.3) is 10.9 Å². The van der Waals surface area contributed by atoms with Crippen molar-refractivity contribution in [3.63, 3.8) is 0 Å². The van der Waals surface area contributed by atoms with Crippen LogP contribution in [0.3, 0.4) is 0 Å². The van der Waals surface area contributed by atoms with Crippen LogP contribution in [0.2, 0.25) is 0 Å². The molecule has 7 heteroatoms. The number of fused-ring (bicyclic) bond motifs is 1. The number of aryl methyl sites for hydroxylation is 2. The molecule has 1 heterocycles. The molecule has 0 radical (unpaired) electrons. The van der Waals surface area contributed by atoms with E-state index in [4.69, 9.17) is 4.74 Å². The first-order chi connectivity index (χ1) is 12.5. The number of nitrogens with zero attached hydrogens (tertiary/aromatic N) is 2. The Morgan fingerprint density at radius 1 is 1.27 bits per heavy atom. The zero-order valence-electron chi connectivity index (χ0n) is 14.9. The minimum absolute atomic E-state index is 0.0648. The Labute approximate surface area is 151 Å². The fourth-order valence-corrected chi connectivity index (χ4v) is 3.33. The highest BCUT2D eigenvalue weighted by Crippen LogP contribution is 2.17. The molecule has 0 atom stereocenters. The van der Waals surface area contributed by atoms with Gasteiger partial charge >= 0.3 is 5.97 Å². The molecule has 7 nitrogen and oxygen atoms in total. The second kappa shape index (κ2) is 8.12. The molecule has 0 bridgehead atoms. The van der Waals surface area contributed by atoms with Gasteiger partial charge in [0.2, 0.25) is 0 Å². The molecule has 1 aliphatic carbocycles. The molecule has 1 fully saturated rings. The minimum atomic E-state index is -0.478. The highest BCUT2D eigenvalue weighted by molar-refractivity contribution is 5.81. The van der Waals surface area contributed by atoms with Crippen molar-refractivity contribution in [2.75, 3.05) is 6.61 Å². The van der Waals surface area contributed by atoms with Crippen LogP contribution >= 0.6 is 0 Å². The number of para-hydroxylation sites is 1. The number of ether oxygens (including phenoxy) is 1. The van der Waals surface area contributed by atoms with Gasteiger partial charge in [0.25, 0.3) is 11.5 Å². The molecule has 1 aromatic heterocycles. The molecular formula is C19H23N3O4. The van der Waals surface area contributed by atoms with E-state index in [9.17, 15) is 14.4 Å². The predicted octanol–water partition coefficient (Wildman–Crippen LogP) is 1.47. The van der Waals surface area contributed by atoms with Gasteiger partial charge < -0.3 is 14.6 Å². The molecule has 1 N–H and O–H groups in total. The summed E-state index contributed by atoms with van der Waals surface area (Å²) in [7, 11) is 1.81. The molecule has 3 rings (SSSR count). The van der Waals surface area contributed by atoms with Gasteiger partial charge in [-0.05, 0) is 25.0 Å². The smallest absolute Gasteiger partial charge is 0.306 e. The average Bonchev–Trinajstić information content (AvgIpc) is 3.15. The second-order valence-electron chi connectivity index (χ2n) is 6.62. The average molecular weight is 357 g/mol. The highest BCUT2D eigenvalue weighted by Gasteiger charge is 2.18. The lowest BCUT2D eigenvalue weighted by Crippen LogP contribution is -2.35. The van der Waals surface area contributed by atoms with Gasteiger partial charge in [0.15, 0.2) is 6.61 Å². The lowest BCUT2D eigenvalue weighted by atomic mass is 10.2. The summed E-state index contributed by atoms with van der Waals surface area (Å²) >= 11 is 0. The molecular weight excluding hydrogens is 334 g/mol. The van der Waals surface area contributed by atoms with Crippen molar-refractivity contribution in [2.45, 2.75) is 44.6 Å². The van der Waals surface area contributed by atoms with Gasteiger partial charge in [0.05, 0.1) is 17.3 Å². The van der Waals surface area contributed by atoms with Crippen molar-refractivity contribution in [1.82, 2.24) is 14.9 Å². The maximum absolute atomic E-state index is 12.1. The highest BCUT2D eigenvalue weighted by atomic mass is 16.5. The third kappa shape index (κ3) is 4.28. The van der Waals surface area contributed by atoms with E-state index in [-0.39, 0.29) is 37.0 Å². The molecule has 1 aliphatic rings. The Hall–Kier alpha value is -2.70. The molecule has 1 saturated carbocycles. The second-order valence-corrected chi connectivity index (χ2v) is 6.62. The van der Waals surface area contributed by atoms with E-state index in [1.54, 1.807) is 16.7 Å². The summed E-state index contributed by atoms with van der Waals surface area (Å²) < 4.78 is 6.83. The first-order valence-corrected chi connectivity index (χ1v) is 8.94. The van der Waals surface area contributed by atoms with Crippen molar-refractivity contribution < 1.29 is 14.3 Å². The Balaban J connectivity index is 1.53. The van der Waals surface area contributed by atoms with E-state index in [0.717, 1.165) is 31.2 Å². The Kier molecular flexibility index (Phi) is 5.65. The third-order valence-electron chi connectivity index (χ3n) is 4.75. The van der Waals surface area contributed by atoms with Gasteiger partial charge in [-0.25, -0.2) is 0 Å². The molecule has 1 amide bonds. The summed E-state index contributed by atoms with van der Waals surface area (Å²) in [6.45, 7) is -0.264. The summed E-state index contributed by atoms with van der Waals surface area (Å²) in [4.78, 5) is 39.8. The van der Waals surface area contributed by atoms with Crippen LogP contribution in [0.5, 0.6) is 0 Å². The predicted molar refractivity (Wildman–Crippen MR) is 96.7 cm³/mol. The number of carbonyl (C=O) groups excluding carboxylic acids is 2. The summed E-state index contributed by atoms with van der Waals surface area (Å²) in [6.07, 6.45) is 4.57. The number of benzene rings is 1. The fourth-order valence-electron chi connectivity index (χ4n) is 3.33. The van der Waals surface area contributed by atoms with Gasteiger partial charge in [-0.15, -0.1) is 0 Å². The Morgan fingerprint density at radius 3 is 2.77 bits per heavy atom. The van der Waals surface area contributed by atoms with Gasteiger partial charge in [-0.3, -0.25) is 14.4 Å². The van der Waals surface area contributed by atoms with Crippen LogP contribution in [0.1, 0.15) is 37.9 Å². The molecule has 0 spiro atoms. The zero-order chi connectivity index (χ0) is 18.5. The van der Waals surface area contributed by atoms with E-state index in [1.165, 1.54) is 0 Å². The molecule has 26 heavy (non-hydrogen) atoms. The van der Waals surface area contributed by atoms with E-state index in [2.05, 4.69) is 10.3 Å².